The van der Waals surface area contributed by atoms with Gasteiger partial charge in [-0.2, -0.15) is 0 Å². The van der Waals surface area contributed by atoms with E-state index in [2.05, 4.69) is 54.7 Å². The van der Waals surface area contributed by atoms with E-state index < -0.39 is 7.25 Å². The van der Waals surface area contributed by atoms with Crippen molar-refractivity contribution in [2.75, 3.05) is 0 Å². The van der Waals surface area contributed by atoms with Gasteiger partial charge in [-0.05, 0) is 18.9 Å². The van der Waals surface area contributed by atoms with E-state index in [9.17, 15) is 17.3 Å². The topological polar surface area (TPSA) is 8.81 Å². The summed E-state index contributed by atoms with van der Waals surface area (Å²) in [5, 5.41) is 0. The van der Waals surface area contributed by atoms with Crippen LogP contribution in [-0.2, 0) is 7.05 Å². The molecule has 19 heavy (non-hydrogen) atoms. The van der Waals surface area contributed by atoms with E-state index in [4.69, 9.17) is 0 Å². The van der Waals surface area contributed by atoms with Crippen LogP contribution in [-0.4, -0.2) is 11.8 Å². The minimum Gasteiger partial charge on any atom is -0.418 e. The molecule has 1 rings (SSSR count). The lowest BCUT2D eigenvalue weighted by Crippen LogP contribution is -2.29. The SMILES string of the molecule is CCCCCC=Cn1cc[n+](C)c1C.F[B-](F)(F)F. The van der Waals surface area contributed by atoms with Crippen LogP contribution in [0.1, 0.15) is 38.4 Å². The van der Waals surface area contributed by atoms with Crippen molar-refractivity contribution in [3.8, 4) is 0 Å². The molecule has 0 aliphatic carbocycles. The molecule has 7 heteroatoms. The van der Waals surface area contributed by atoms with Gasteiger partial charge in [-0.1, -0.05) is 19.8 Å². The number of aryl methyl sites for hydroxylation is 1. The minimum atomic E-state index is -6.00. The number of rotatable bonds is 5. The van der Waals surface area contributed by atoms with Gasteiger partial charge in [0.05, 0.1) is 13.2 Å². The zero-order valence-electron chi connectivity index (χ0n) is 11.6. The summed E-state index contributed by atoms with van der Waals surface area (Å²) in [5.41, 5.74) is 0. The van der Waals surface area contributed by atoms with Gasteiger partial charge in [-0.25, -0.2) is 9.13 Å². The molecule has 0 aromatic carbocycles. The predicted molar refractivity (Wildman–Crippen MR) is 70.0 cm³/mol. The number of unbranched alkanes of at least 4 members (excludes halogenated alkanes) is 3. The first-order valence-corrected chi connectivity index (χ1v) is 6.32. The molecule has 0 amide bonds. The van der Waals surface area contributed by atoms with Crippen LogP contribution < -0.4 is 4.57 Å². The molecular weight excluding hydrogens is 259 g/mol. The van der Waals surface area contributed by atoms with Crippen LogP contribution in [0.3, 0.4) is 0 Å². The van der Waals surface area contributed by atoms with E-state index in [1.165, 1.54) is 31.5 Å². The van der Waals surface area contributed by atoms with Crippen molar-refractivity contribution >= 4 is 13.5 Å². The van der Waals surface area contributed by atoms with Crippen LogP contribution in [0, 0.1) is 6.92 Å². The Hall–Kier alpha value is -1.27. The Kier molecular flexibility index (Phi) is 8.19. The molecule has 0 saturated heterocycles. The van der Waals surface area contributed by atoms with Crippen LogP contribution in [0.25, 0.3) is 6.20 Å². The van der Waals surface area contributed by atoms with Gasteiger partial charge in [0.25, 0.3) is 5.82 Å². The Balaban J connectivity index is 0.000000555. The maximum Gasteiger partial charge on any atom is 0.673 e. The van der Waals surface area contributed by atoms with Crippen molar-refractivity contribution in [2.45, 2.75) is 39.5 Å². The fraction of sp³-hybridized carbons (Fsp3) is 0.583. The zero-order valence-corrected chi connectivity index (χ0v) is 11.6. The third kappa shape index (κ3) is 10.4. The summed E-state index contributed by atoms with van der Waals surface area (Å²) in [6, 6.07) is 0. The van der Waals surface area contributed by atoms with Crippen LogP contribution >= 0.6 is 0 Å². The Labute approximate surface area is 111 Å². The third-order valence-corrected chi connectivity index (χ3v) is 2.58. The molecular formula is C12H21BF4N2. The van der Waals surface area contributed by atoms with Gasteiger partial charge < -0.3 is 17.3 Å². The van der Waals surface area contributed by atoms with Crippen molar-refractivity contribution in [1.82, 2.24) is 4.57 Å². The quantitative estimate of drug-likeness (QED) is 0.334. The first-order valence-electron chi connectivity index (χ1n) is 6.32. The molecule has 1 aromatic rings. The average Bonchev–Trinajstić information content (AvgIpc) is 2.58. The van der Waals surface area contributed by atoms with Gasteiger partial charge in [0.2, 0.25) is 0 Å². The van der Waals surface area contributed by atoms with Crippen LogP contribution in [0.4, 0.5) is 17.3 Å². The second-order valence-electron chi connectivity index (χ2n) is 4.24. The van der Waals surface area contributed by atoms with Gasteiger partial charge in [0, 0.05) is 6.92 Å². The molecule has 0 aliphatic rings. The Morgan fingerprint density at radius 2 is 1.84 bits per heavy atom. The molecule has 0 N–H and O–H groups in total. The highest BCUT2D eigenvalue weighted by atomic mass is 19.5. The highest BCUT2D eigenvalue weighted by molar-refractivity contribution is 6.50. The standard InChI is InChI=1S/C12H21N2.BF4/c1-4-5-6-7-8-9-14-11-10-13(3)12(14)2;2-1(3,4)5/h8-11H,4-7H2,1-3H3;/q+1;-1. The number of nitrogens with zero attached hydrogens (tertiary/aromatic N) is 2. The first kappa shape index (κ1) is 17.7. The minimum absolute atomic E-state index is 1.19. The van der Waals surface area contributed by atoms with Gasteiger partial charge in [0.15, 0.2) is 0 Å². The molecule has 0 radical (unpaired) electrons. The molecule has 110 valence electrons. The molecule has 0 spiro atoms. The smallest absolute Gasteiger partial charge is 0.418 e. The highest BCUT2D eigenvalue weighted by Crippen LogP contribution is 2.06. The van der Waals surface area contributed by atoms with E-state index in [1.807, 2.05) is 0 Å². The van der Waals surface area contributed by atoms with Crippen LogP contribution in [0.2, 0.25) is 0 Å². The van der Waals surface area contributed by atoms with E-state index in [1.54, 1.807) is 0 Å². The third-order valence-electron chi connectivity index (χ3n) is 2.58. The molecule has 0 bridgehead atoms. The molecule has 1 aromatic heterocycles. The second-order valence-corrected chi connectivity index (χ2v) is 4.24. The molecule has 0 saturated carbocycles. The Bertz CT molecular complexity index is 380. The van der Waals surface area contributed by atoms with E-state index >= 15 is 0 Å². The molecule has 1 heterocycles. The summed E-state index contributed by atoms with van der Waals surface area (Å²) in [6.45, 7) is 4.36. The van der Waals surface area contributed by atoms with Gasteiger partial charge in [0.1, 0.15) is 12.4 Å². The van der Waals surface area contributed by atoms with Gasteiger partial charge in [-0.15, -0.1) is 0 Å². The number of allylic oxidation sites excluding steroid dienone is 1. The van der Waals surface area contributed by atoms with Crippen molar-refractivity contribution in [3.05, 3.63) is 24.3 Å². The summed E-state index contributed by atoms with van der Waals surface area (Å²) in [6.07, 6.45) is 13.7. The summed E-state index contributed by atoms with van der Waals surface area (Å²) in [7, 11) is -3.93. The van der Waals surface area contributed by atoms with Crippen LogP contribution in [0.15, 0.2) is 18.5 Å². The van der Waals surface area contributed by atoms with Crippen molar-refractivity contribution < 1.29 is 21.8 Å². The normalized spacial score (nSPS) is 11.5. The lowest BCUT2D eigenvalue weighted by Gasteiger charge is -1.94. The predicted octanol–water partition coefficient (Wildman–Crippen LogP) is 3.97. The zero-order chi connectivity index (χ0) is 14.9. The fourth-order valence-electron chi connectivity index (χ4n) is 1.43. The van der Waals surface area contributed by atoms with Gasteiger partial charge >= 0.3 is 7.25 Å². The van der Waals surface area contributed by atoms with Gasteiger partial charge in [-0.3, -0.25) is 0 Å². The largest absolute Gasteiger partial charge is 0.673 e. The number of hydrogen-bond donors (Lipinski definition) is 0. The number of imidazole rings is 1. The summed E-state index contributed by atoms with van der Waals surface area (Å²) >= 11 is 0. The van der Waals surface area contributed by atoms with E-state index in [0.717, 1.165) is 0 Å². The lowest BCUT2D eigenvalue weighted by molar-refractivity contribution is -0.676. The first-order chi connectivity index (χ1) is 8.75. The summed E-state index contributed by atoms with van der Waals surface area (Å²) in [4.78, 5) is 0. The van der Waals surface area contributed by atoms with E-state index in [0.29, 0.717) is 0 Å². The van der Waals surface area contributed by atoms with Crippen molar-refractivity contribution in [3.63, 3.8) is 0 Å². The van der Waals surface area contributed by atoms with Crippen molar-refractivity contribution in [2.24, 2.45) is 7.05 Å². The Morgan fingerprint density at radius 1 is 1.26 bits per heavy atom. The molecule has 0 unspecified atom stereocenters. The van der Waals surface area contributed by atoms with Crippen molar-refractivity contribution in [1.29, 1.82) is 0 Å². The second kappa shape index (κ2) is 8.77. The molecule has 0 fully saturated rings. The monoisotopic (exact) mass is 280 g/mol. The van der Waals surface area contributed by atoms with E-state index in [-0.39, 0.29) is 0 Å². The maximum absolute atomic E-state index is 9.75. The maximum atomic E-state index is 9.75. The molecule has 2 nitrogen and oxygen atoms in total. The number of aromatic nitrogens is 2. The summed E-state index contributed by atoms with van der Waals surface area (Å²) in [5.74, 6) is 1.26. The Morgan fingerprint density at radius 3 is 2.26 bits per heavy atom. The van der Waals surface area contributed by atoms with Crippen LogP contribution in [0.5, 0.6) is 0 Å². The summed E-state index contributed by atoms with van der Waals surface area (Å²) < 4.78 is 43.3. The highest BCUT2D eigenvalue weighted by Gasteiger charge is 2.20. The molecule has 0 aliphatic heterocycles. The number of halogens is 4. The fourth-order valence-corrected chi connectivity index (χ4v) is 1.43. The number of hydrogen-bond acceptors (Lipinski definition) is 0. The molecule has 0 atom stereocenters. The average molecular weight is 280 g/mol. The lowest BCUT2D eigenvalue weighted by atomic mass is 10.2.